The van der Waals surface area contributed by atoms with Crippen molar-refractivity contribution in [3.63, 3.8) is 0 Å². The molecule has 0 aliphatic carbocycles. The normalized spacial score (nSPS) is 12.7. The standard InChI is InChI=1S/C18H21F2N/c1-12(2)15-6-4-14(5-7-15)11-21-13(3)16-8-9-17(19)18(20)10-16/h4-10,12-13,21H,11H2,1-3H3. The highest BCUT2D eigenvalue weighted by Crippen LogP contribution is 2.18. The van der Waals surface area contributed by atoms with Crippen LogP contribution in [0.25, 0.3) is 0 Å². The fourth-order valence-corrected chi connectivity index (χ4v) is 2.19. The van der Waals surface area contributed by atoms with Crippen LogP contribution in [0.3, 0.4) is 0 Å². The van der Waals surface area contributed by atoms with Gasteiger partial charge in [0, 0.05) is 12.6 Å². The van der Waals surface area contributed by atoms with Gasteiger partial charge in [0.2, 0.25) is 0 Å². The summed E-state index contributed by atoms with van der Waals surface area (Å²) in [4.78, 5) is 0. The van der Waals surface area contributed by atoms with E-state index in [9.17, 15) is 8.78 Å². The molecule has 0 amide bonds. The highest BCUT2D eigenvalue weighted by molar-refractivity contribution is 5.25. The first-order chi connectivity index (χ1) is 9.97. The van der Waals surface area contributed by atoms with Gasteiger partial charge in [-0.1, -0.05) is 44.2 Å². The lowest BCUT2D eigenvalue weighted by Gasteiger charge is -2.15. The molecule has 0 saturated heterocycles. The molecule has 3 heteroatoms. The lowest BCUT2D eigenvalue weighted by atomic mass is 10.0. The average molecular weight is 289 g/mol. The molecule has 21 heavy (non-hydrogen) atoms. The van der Waals surface area contributed by atoms with Gasteiger partial charge in [-0.3, -0.25) is 0 Å². The second kappa shape index (κ2) is 6.81. The topological polar surface area (TPSA) is 12.0 Å². The molecule has 0 heterocycles. The van der Waals surface area contributed by atoms with Gasteiger partial charge in [-0.15, -0.1) is 0 Å². The highest BCUT2D eigenvalue weighted by Gasteiger charge is 2.09. The highest BCUT2D eigenvalue weighted by atomic mass is 19.2. The monoisotopic (exact) mass is 289 g/mol. The second-order valence-corrected chi connectivity index (χ2v) is 5.67. The van der Waals surface area contributed by atoms with E-state index in [0.717, 1.165) is 5.56 Å². The zero-order valence-electron chi connectivity index (χ0n) is 12.7. The third-order valence-corrected chi connectivity index (χ3v) is 3.70. The Morgan fingerprint density at radius 2 is 1.48 bits per heavy atom. The van der Waals surface area contributed by atoms with E-state index in [1.807, 2.05) is 6.92 Å². The maximum atomic E-state index is 13.2. The van der Waals surface area contributed by atoms with Crippen molar-refractivity contribution in [2.24, 2.45) is 0 Å². The first-order valence-electron chi connectivity index (χ1n) is 7.24. The van der Waals surface area contributed by atoms with E-state index >= 15 is 0 Å². The Balaban J connectivity index is 1.97. The van der Waals surface area contributed by atoms with Crippen LogP contribution < -0.4 is 5.32 Å². The predicted octanol–water partition coefficient (Wildman–Crippen LogP) is 4.94. The van der Waals surface area contributed by atoms with Crippen molar-refractivity contribution in [1.29, 1.82) is 0 Å². The quantitative estimate of drug-likeness (QED) is 0.822. The van der Waals surface area contributed by atoms with Crippen LogP contribution in [-0.4, -0.2) is 0 Å². The first-order valence-corrected chi connectivity index (χ1v) is 7.24. The molecule has 112 valence electrons. The Morgan fingerprint density at radius 1 is 0.857 bits per heavy atom. The van der Waals surface area contributed by atoms with E-state index in [4.69, 9.17) is 0 Å². The molecule has 0 bridgehead atoms. The summed E-state index contributed by atoms with van der Waals surface area (Å²) in [5, 5.41) is 3.32. The molecular formula is C18H21F2N. The van der Waals surface area contributed by atoms with Gasteiger partial charge < -0.3 is 5.32 Å². The molecule has 0 radical (unpaired) electrons. The number of benzene rings is 2. The maximum Gasteiger partial charge on any atom is 0.159 e. The summed E-state index contributed by atoms with van der Waals surface area (Å²) in [6, 6.07) is 12.4. The maximum absolute atomic E-state index is 13.2. The summed E-state index contributed by atoms with van der Waals surface area (Å²) in [6.45, 7) is 6.96. The second-order valence-electron chi connectivity index (χ2n) is 5.67. The van der Waals surface area contributed by atoms with Crippen molar-refractivity contribution in [1.82, 2.24) is 5.32 Å². The summed E-state index contributed by atoms with van der Waals surface area (Å²) in [5.74, 6) is -1.09. The Labute approximate surface area is 125 Å². The molecular weight excluding hydrogens is 268 g/mol. The van der Waals surface area contributed by atoms with E-state index in [0.29, 0.717) is 12.5 Å². The van der Waals surface area contributed by atoms with Gasteiger partial charge in [0.05, 0.1) is 0 Å². The van der Waals surface area contributed by atoms with Crippen molar-refractivity contribution in [2.75, 3.05) is 0 Å². The summed E-state index contributed by atoms with van der Waals surface area (Å²) >= 11 is 0. The van der Waals surface area contributed by atoms with Crippen molar-refractivity contribution < 1.29 is 8.78 Å². The van der Waals surface area contributed by atoms with Crippen molar-refractivity contribution in [3.8, 4) is 0 Å². The van der Waals surface area contributed by atoms with Crippen molar-refractivity contribution in [2.45, 2.75) is 39.3 Å². The van der Waals surface area contributed by atoms with E-state index in [1.54, 1.807) is 6.07 Å². The fraction of sp³-hybridized carbons (Fsp3) is 0.333. The van der Waals surface area contributed by atoms with Crippen LogP contribution in [0.15, 0.2) is 42.5 Å². The molecule has 2 rings (SSSR count). The molecule has 0 spiro atoms. The minimum Gasteiger partial charge on any atom is -0.306 e. The van der Waals surface area contributed by atoms with Gasteiger partial charge in [0.1, 0.15) is 0 Å². The molecule has 1 atom stereocenters. The predicted molar refractivity (Wildman–Crippen MR) is 82.1 cm³/mol. The van der Waals surface area contributed by atoms with Crippen LogP contribution in [0.5, 0.6) is 0 Å². The van der Waals surface area contributed by atoms with Crippen LogP contribution in [-0.2, 0) is 6.54 Å². The zero-order chi connectivity index (χ0) is 15.4. The SMILES string of the molecule is CC(C)c1ccc(CNC(C)c2ccc(F)c(F)c2)cc1. The number of nitrogens with one attached hydrogen (secondary N) is 1. The summed E-state index contributed by atoms with van der Waals surface area (Å²) in [5.41, 5.74) is 3.23. The number of hydrogen-bond acceptors (Lipinski definition) is 1. The molecule has 0 aromatic heterocycles. The van der Waals surface area contributed by atoms with E-state index in [-0.39, 0.29) is 6.04 Å². The Hall–Kier alpha value is -1.74. The Morgan fingerprint density at radius 3 is 2.05 bits per heavy atom. The van der Waals surface area contributed by atoms with Crippen LogP contribution in [0.1, 0.15) is 49.4 Å². The van der Waals surface area contributed by atoms with Gasteiger partial charge in [0.15, 0.2) is 11.6 Å². The molecule has 0 aliphatic rings. The lowest BCUT2D eigenvalue weighted by molar-refractivity contribution is 0.500. The van der Waals surface area contributed by atoms with Gasteiger partial charge in [-0.25, -0.2) is 8.78 Å². The molecule has 2 aromatic carbocycles. The molecule has 1 N–H and O–H groups in total. The van der Waals surface area contributed by atoms with Gasteiger partial charge in [-0.2, -0.15) is 0 Å². The van der Waals surface area contributed by atoms with Crippen LogP contribution in [0.2, 0.25) is 0 Å². The van der Waals surface area contributed by atoms with E-state index < -0.39 is 11.6 Å². The number of halogens is 2. The number of rotatable bonds is 5. The van der Waals surface area contributed by atoms with Crippen molar-refractivity contribution in [3.05, 3.63) is 70.8 Å². The minimum absolute atomic E-state index is 0.0372. The molecule has 2 aromatic rings. The molecule has 1 unspecified atom stereocenters. The van der Waals surface area contributed by atoms with E-state index in [2.05, 4.69) is 43.4 Å². The molecule has 0 saturated carbocycles. The lowest BCUT2D eigenvalue weighted by Crippen LogP contribution is -2.18. The summed E-state index contributed by atoms with van der Waals surface area (Å²) in [6.07, 6.45) is 0. The Kier molecular flexibility index (Phi) is 5.07. The largest absolute Gasteiger partial charge is 0.306 e. The van der Waals surface area contributed by atoms with Gasteiger partial charge in [-0.05, 0) is 41.7 Å². The van der Waals surface area contributed by atoms with Gasteiger partial charge >= 0.3 is 0 Å². The van der Waals surface area contributed by atoms with Gasteiger partial charge in [0.25, 0.3) is 0 Å². The minimum atomic E-state index is -0.810. The van der Waals surface area contributed by atoms with E-state index in [1.165, 1.54) is 23.3 Å². The van der Waals surface area contributed by atoms with Crippen molar-refractivity contribution >= 4 is 0 Å². The zero-order valence-corrected chi connectivity index (χ0v) is 12.7. The third kappa shape index (κ3) is 4.11. The molecule has 1 nitrogen and oxygen atoms in total. The smallest absolute Gasteiger partial charge is 0.159 e. The third-order valence-electron chi connectivity index (χ3n) is 3.70. The molecule has 0 fully saturated rings. The first kappa shape index (κ1) is 15.6. The van der Waals surface area contributed by atoms with Crippen LogP contribution in [0, 0.1) is 11.6 Å². The van der Waals surface area contributed by atoms with Crippen LogP contribution in [0.4, 0.5) is 8.78 Å². The summed E-state index contributed by atoms with van der Waals surface area (Å²) < 4.78 is 26.1. The summed E-state index contributed by atoms with van der Waals surface area (Å²) in [7, 11) is 0. The van der Waals surface area contributed by atoms with Crippen LogP contribution >= 0.6 is 0 Å². The number of hydrogen-bond donors (Lipinski definition) is 1. The Bertz CT molecular complexity index is 591. The molecule has 0 aliphatic heterocycles. The fourth-order valence-electron chi connectivity index (χ4n) is 2.19. The average Bonchev–Trinajstić information content (AvgIpc) is 2.48.